The van der Waals surface area contributed by atoms with E-state index in [0.29, 0.717) is 6.54 Å². The Kier molecular flexibility index (Phi) is 5.17. The van der Waals surface area contributed by atoms with Gasteiger partial charge in [0, 0.05) is 19.6 Å². The summed E-state index contributed by atoms with van der Waals surface area (Å²) in [5.74, 6) is 0. The van der Waals surface area contributed by atoms with Crippen LogP contribution in [-0.4, -0.2) is 32.1 Å². The van der Waals surface area contributed by atoms with E-state index in [1.807, 2.05) is 20.9 Å². The number of rotatable bonds is 4. The molecule has 0 atom stereocenters. The van der Waals surface area contributed by atoms with Gasteiger partial charge in [0.15, 0.2) is 0 Å². The maximum atomic E-state index is 11.8. The molecule has 4 heteroatoms. The van der Waals surface area contributed by atoms with E-state index in [2.05, 4.69) is 49.2 Å². The van der Waals surface area contributed by atoms with Crippen molar-refractivity contribution in [1.29, 1.82) is 0 Å². The molecule has 0 aliphatic carbocycles. The number of urea groups is 1. The topological polar surface area (TPSA) is 32.3 Å². The first-order chi connectivity index (χ1) is 8.71. The molecule has 0 unspecified atom stereocenters. The predicted octanol–water partition coefficient (Wildman–Crippen LogP) is 2.78. The lowest BCUT2D eigenvalue weighted by atomic mass is 10.2. The van der Waals surface area contributed by atoms with Crippen LogP contribution in [0.1, 0.15) is 19.4 Å². The lowest BCUT2D eigenvalue weighted by molar-refractivity contribution is 0.197. The molecule has 0 spiro atoms. The summed E-state index contributed by atoms with van der Waals surface area (Å²) in [6.07, 6.45) is 0. The van der Waals surface area contributed by atoms with Crippen molar-refractivity contribution < 1.29 is 4.79 Å². The molecule has 3 nitrogen and oxygen atoms in total. The van der Waals surface area contributed by atoms with Crippen LogP contribution in [-0.2, 0) is 6.54 Å². The van der Waals surface area contributed by atoms with E-state index in [1.54, 1.807) is 4.90 Å². The van der Waals surface area contributed by atoms with Gasteiger partial charge in [0.25, 0.3) is 0 Å². The van der Waals surface area contributed by atoms with Crippen molar-refractivity contribution >= 4 is 19.3 Å². The van der Waals surface area contributed by atoms with Crippen molar-refractivity contribution in [2.24, 2.45) is 0 Å². The smallest absolute Gasteiger partial charge is 0.317 e. The van der Waals surface area contributed by atoms with Crippen molar-refractivity contribution in [2.75, 3.05) is 7.05 Å². The number of benzene rings is 1. The summed E-state index contributed by atoms with van der Waals surface area (Å²) in [4.78, 5) is 13.5. The fourth-order valence-corrected chi connectivity index (χ4v) is 2.83. The summed E-state index contributed by atoms with van der Waals surface area (Å²) < 4.78 is 0. The van der Waals surface area contributed by atoms with Gasteiger partial charge in [0.2, 0.25) is 0 Å². The van der Waals surface area contributed by atoms with Crippen LogP contribution in [0.4, 0.5) is 4.79 Å². The molecule has 0 saturated heterocycles. The van der Waals surface area contributed by atoms with Gasteiger partial charge in [-0.3, -0.25) is 0 Å². The minimum atomic E-state index is -1.23. The molecule has 0 heterocycles. The summed E-state index contributed by atoms with van der Waals surface area (Å²) in [6.45, 7) is 11.6. The fourth-order valence-electron chi connectivity index (χ4n) is 1.66. The maximum absolute atomic E-state index is 11.8. The Bertz CT molecular complexity index is 421. The molecule has 0 fully saturated rings. The van der Waals surface area contributed by atoms with Crippen LogP contribution < -0.4 is 10.5 Å². The van der Waals surface area contributed by atoms with Crippen LogP contribution in [0.3, 0.4) is 0 Å². The molecule has 2 amide bonds. The van der Waals surface area contributed by atoms with Gasteiger partial charge in [-0.25, -0.2) is 4.79 Å². The molecule has 0 aliphatic rings. The van der Waals surface area contributed by atoms with Crippen molar-refractivity contribution in [1.82, 2.24) is 10.2 Å². The highest BCUT2D eigenvalue weighted by atomic mass is 28.3. The van der Waals surface area contributed by atoms with E-state index in [4.69, 9.17) is 0 Å². The van der Waals surface area contributed by atoms with E-state index in [1.165, 1.54) is 5.19 Å². The fraction of sp³-hybridized carbons (Fsp3) is 0.533. The number of carbonyl (C=O) groups excluding carboxylic acids is 1. The van der Waals surface area contributed by atoms with Crippen molar-refractivity contribution in [3.8, 4) is 0 Å². The molecule has 19 heavy (non-hydrogen) atoms. The maximum Gasteiger partial charge on any atom is 0.317 e. The zero-order valence-corrected chi connectivity index (χ0v) is 13.9. The highest BCUT2D eigenvalue weighted by molar-refractivity contribution is 6.88. The molecule has 1 aromatic carbocycles. The zero-order valence-electron chi connectivity index (χ0n) is 12.9. The Balaban J connectivity index is 2.58. The normalized spacial score (nSPS) is 11.5. The van der Waals surface area contributed by atoms with Gasteiger partial charge >= 0.3 is 6.03 Å². The average molecular weight is 278 g/mol. The third-order valence-corrected chi connectivity index (χ3v) is 5.42. The first kappa shape index (κ1) is 15.8. The molecule has 0 saturated carbocycles. The summed E-state index contributed by atoms with van der Waals surface area (Å²) >= 11 is 0. The quantitative estimate of drug-likeness (QED) is 0.844. The van der Waals surface area contributed by atoms with Gasteiger partial charge in [0.1, 0.15) is 0 Å². The zero-order chi connectivity index (χ0) is 14.6. The van der Waals surface area contributed by atoms with E-state index in [0.717, 1.165) is 5.56 Å². The molecule has 1 rings (SSSR count). The van der Waals surface area contributed by atoms with E-state index < -0.39 is 8.07 Å². The minimum absolute atomic E-state index is 0.0238. The number of hydrogen-bond acceptors (Lipinski definition) is 1. The monoisotopic (exact) mass is 278 g/mol. The first-order valence-corrected chi connectivity index (χ1v) is 10.3. The average Bonchev–Trinajstić information content (AvgIpc) is 2.34. The Morgan fingerprint density at radius 2 is 1.74 bits per heavy atom. The molecule has 0 aliphatic heterocycles. The SMILES string of the molecule is CC(C)N(C)C(=O)NCc1ccc([Si](C)(C)C)cc1. The second kappa shape index (κ2) is 6.24. The van der Waals surface area contributed by atoms with Crippen LogP contribution in [0.5, 0.6) is 0 Å². The molecule has 0 radical (unpaired) electrons. The Labute approximate surface area is 118 Å². The lowest BCUT2D eigenvalue weighted by Gasteiger charge is -2.22. The number of carbonyl (C=O) groups is 1. The third-order valence-electron chi connectivity index (χ3n) is 3.36. The van der Waals surface area contributed by atoms with Gasteiger partial charge < -0.3 is 10.2 Å². The van der Waals surface area contributed by atoms with E-state index >= 15 is 0 Å². The van der Waals surface area contributed by atoms with Crippen LogP contribution >= 0.6 is 0 Å². The Morgan fingerprint density at radius 3 is 2.16 bits per heavy atom. The van der Waals surface area contributed by atoms with Gasteiger partial charge in [-0.15, -0.1) is 0 Å². The summed E-state index contributed by atoms with van der Waals surface area (Å²) in [5, 5.41) is 4.38. The van der Waals surface area contributed by atoms with Crippen LogP contribution in [0, 0.1) is 0 Å². The first-order valence-electron chi connectivity index (χ1n) is 6.82. The Morgan fingerprint density at radius 1 is 1.21 bits per heavy atom. The van der Waals surface area contributed by atoms with Gasteiger partial charge in [0.05, 0.1) is 8.07 Å². The molecule has 106 valence electrons. The second-order valence-electron chi connectivity index (χ2n) is 6.31. The summed E-state index contributed by atoms with van der Waals surface area (Å²) in [7, 11) is 0.584. The highest BCUT2D eigenvalue weighted by Gasteiger charge is 2.16. The number of nitrogens with zero attached hydrogens (tertiary/aromatic N) is 1. The molecule has 1 N–H and O–H groups in total. The molecular weight excluding hydrogens is 252 g/mol. The molecule has 1 aromatic rings. The van der Waals surface area contributed by atoms with Crippen molar-refractivity contribution in [3.05, 3.63) is 29.8 Å². The largest absolute Gasteiger partial charge is 0.334 e. The van der Waals surface area contributed by atoms with Crippen molar-refractivity contribution in [3.63, 3.8) is 0 Å². The van der Waals surface area contributed by atoms with Crippen LogP contribution in [0.25, 0.3) is 0 Å². The Hall–Kier alpha value is -1.29. The highest BCUT2D eigenvalue weighted by Crippen LogP contribution is 2.05. The molecular formula is C15H26N2OSi. The van der Waals surface area contributed by atoms with Gasteiger partial charge in [-0.1, -0.05) is 49.1 Å². The van der Waals surface area contributed by atoms with E-state index in [9.17, 15) is 4.79 Å². The van der Waals surface area contributed by atoms with Crippen LogP contribution in [0.2, 0.25) is 19.6 Å². The molecule has 0 bridgehead atoms. The second-order valence-corrected chi connectivity index (χ2v) is 11.4. The lowest BCUT2D eigenvalue weighted by Crippen LogP contribution is -2.41. The number of amides is 2. The van der Waals surface area contributed by atoms with Crippen molar-refractivity contribution in [2.45, 2.75) is 46.1 Å². The standard InChI is InChI=1S/C15H26N2OSi/c1-12(2)17(3)15(18)16-11-13-7-9-14(10-8-13)19(4,5)6/h7-10,12H,11H2,1-6H3,(H,16,18). The van der Waals surface area contributed by atoms with Gasteiger partial charge in [-0.05, 0) is 19.4 Å². The van der Waals surface area contributed by atoms with Crippen LogP contribution in [0.15, 0.2) is 24.3 Å². The minimum Gasteiger partial charge on any atom is -0.334 e. The number of hydrogen-bond donors (Lipinski definition) is 1. The summed E-state index contributed by atoms with van der Waals surface area (Å²) in [5.41, 5.74) is 1.15. The third kappa shape index (κ3) is 4.71. The van der Waals surface area contributed by atoms with Gasteiger partial charge in [-0.2, -0.15) is 0 Å². The molecule has 0 aromatic heterocycles. The van der Waals surface area contributed by atoms with E-state index in [-0.39, 0.29) is 12.1 Å². The number of nitrogens with one attached hydrogen (secondary N) is 1. The predicted molar refractivity (Wildman–Crippen MR) is 84.6 cm³/mol. The summed E-state index contributed by atoms with van der Waals surface area (Å²) in [6, 6.07) is 8.81.